The predicted molar refractivity (Wildman–Crippen MR) is 80.8 cm³/mol. The van der Waals surface area contributed by atoms with Crippen LogP contribution in [0.1, 0.15) is 5.56 Å². The first-order valence-electron chi connectivity index (χ1n) is 6.68. The molecule has 0 aliphatic rings. The van der Waals surface area contributed by atoms with Gasteiger partial charge in [-0.3, -0.25) is 4.79 Å². The van der Waals surface area contributed by atoms with E-state index in [1.165, 1.54) is 10.7 Å². The summed E-state index contributed by atoms with van der Waals surface area (Å²) in [5.74, 6) is 0.502. The summed E-state index contributed by atoms with van der Waals surface area (Å²) in [5.41, 5.74) is 1.35. The first kappa shape index (κ1) is 15.0. The molecular weight excluding hydrogens is 270 g/mol. The zero-order valence-corrected chi connectivity index (χ0v) is 12.2. The number of nitrogens with one attached hydrogen (secondary N) is 2. The molecule has 7 nitrogen and oxygen atoms in total. The van der Waals surface area contributed by atoms with Crippen molar-refractivity contribution in [1.29, 1.82) is 0 Å². The molecule has 0 aliphatic carbocycles. The molecule has 2 aromatic rings. The van der Waals surface area contributed by atoms with Crippen LogP contribution in [0, 0.1) is 0 Å². The van der Waals surface area contributed by atoms with E-state index < -0.39 is 0 Å². The van der Waals surface area contributed by atoms with Gasteiger partial charge in [0, 0.05) is 30.9 Å². The molecule has 0 atom stereocenters. The Morgan fingerprint density at radius 2 is 2.24 bits per heavy atom. The molecule has 2 heterocycles. The van der Waals surface area contributed by atoms with Crippen LogP contribution in [0.3, 0.4) is 0 Å². The van der Waals surface area contributed by atoms with E-state index >= 15 is 0 Å². The van der Waals surface area contributed by atoms with Crippen molar-refractivity contribution < 1.29 is 4.74 Å². The van der Waals surface area contributed by atoms with Crippen molar-refractivity contribution in [2.45, 2.75) is 6.54 Å². The molecule has 0 radical (unpaired) electrons. The average Bonchev–Trinajstić information content (AvgIpc) is 2.50. The number of likely N-dealkylation sites (N-methyl/N-ethyl adjacent to an activating group) is 1. The van der Waals surface area contributed by atoms with E-state index in [4.69, 9.17) is 4.74 Å². The third-order valence-corrected chi connectivity index (χ3v) is 2.94. The van der Waals surface area contributed by atoms with Gasteiger partial charge in [0.2, 0.25) is 5.88 Å². The van der Waals surface area contributed by atoms with Gasteiger partial charge in [-0.25, -0.2) is 9.67 Å². The quantitative estimate of drug-likeness (QED) is 0.715. The molecule has 0 saturated carbocycles. The number of ether oxygens (including phenoxy) is 1. The van der Waals surface area contributed by atoms with Gasteiger partial charge in [-0.2, -0.15) is 5.10 Å². The molecule has 0 bridgehead atoms. The summed E-state index contributed by atoms with van der Waals surface area (Å²) in [7, 11) is 3.43. The van der Waals surface area contributed by atoms with Gasteiger partial charge < -0.3 is 15.4 Å². The lowest BCUT2D eigenvalue weighted by molar-refractivity contribution is 0.389. The molecule has 0 saturated heterocycles. The van der Waals surface area contributed by atoms with E-state index in [-0.39, 0.29) is 5.56 Å². The number of rotatable bonds is 7. The lowest BCUT2D eigenvalue weighted by Gasteiger charge is -2.09. The Morgan fingerprint density at radius 3 is 2.95 bits per heavy atom. The van der Waals surface area contributed by atoms with Crippen LogP contribution in [-0.4, -0.2) is 42.0 Å². The highest BCUT2D eigenvalue weighted by atomic mass is 16.5. The van der Waals surface area contributed by atoms with Gasteiger partial charge in [-0.15, -0.1) is 0 Å². The van der Waals surface area contributed by atoms with Crippen LogP contribution in [0.2, 0.25) is 0 Å². The Morgan fingerprint density at radius 1 is 1.38 bits per heavy atom. The number of nitrogens with zero attached hydrogens (tertiary/aromatic N) is 3. The molecule has 0 fully saturated rings. The van der Waals surface area contributed by atoms with Crippen LogP contribution in [0.15, 0.2) is 35.4 Å². The molecule has 0 aromatic carbocycles. The van der Waals surface area contributed by atoms with Gasteiger partial charge in [-0.1, -0.05) is 6.07 Å². The molecule has 7 heteroatoms. The molecule has 2 N–H and O–H groups in total. The number of hydrogen-bond acceptors (Lipinski definition) is 6. The molecule has 2 rings (SSSR count). The van der Waals surface area contributed by atoms with E-state index in [0.29, 0.717) is 18.1 Å². The molecular formula is C14H19N5O2. The summed E-state index contributed by atoms with van der Waals surface area (Å²) in [5, 5.41) is 10.3. The fraction of sp³-hybridized carbons (Fsp3) is 0.357. The number of aromatic nitrogens is 3. The van der Waals surface area contributed by atoms with Crippen LogP contribution < -0.4 is 20.9 Å². The summed E-state index contributed by atoms with van der Waals surface area (Å²) < 4.78 is 6.55. The van der Waals surface area contributed by atoms with Gasteiger partial charge >= 0.3 is 0 Å². The monoisotopic (exact) mass is 289 g/mol. The van der Waals surface area contributed by atoms with Crippen LogP contribution in [0.25, 0.3) is 0 Å². The van der Waals surface area contributed by atoms with E-state index in [2.05, 4.69) is 20.7 Å². The standard InChI is InChI=1S/C14H19N5O2/c1-15-6-7-16-12-8-13(20)19(18-9-12)10-11-4-3-5-17-14(11)21-2/h3-5,8-9,15-16H,6-7,10H2,1-2H3. The molecule has 0 unspecified atom stereocenters. The Labute approximate surface area is 123 Å². The molecule has 0 amide bonds. The van der Waals surface area contributed by atoms with Crippen molar-refractivity contribution in [3.05, 3.63) is 46.5 Å². The normalized spacial score (nSPS) is 10.4. The predicted octanol–water partition coefficient (Wildman–Crippen LogP) is 0.326. The number of methoxy groups -OCH3 is 1. The average molecular weight is 289 g/mol. The molecule has 112 valence electrons. The fourth-order valence-electron chi connectivity index (χ4n) is 1.87. The molecule has 0 spiro atoms. The zero-order valence-electron chi connectivity index (χ0n) is 12.2. The summed E-state index contributed by atoms with van der Waals surface area (Å²) in [6.07, 6.45) is 3.28. The Hall–Kier alpha value is -2.41. The van der Waals surface area contributed by atoms with Crippen molar-refractivity contribution in [1.82, 2.24) is 20.1 Å². The smallest absolute Gasteiger partial charge is 0.269 e. The van der Waals surface area contributed by atoms with Crippen LogP contribution in [-0.2, 0) is 6.54 Å². The van der Waals surface area contributed by atoms with E-state index in [9.17, 15) is 4.79 Å². The summed E-state index contributed by atoms with van der Waals surface area (Å²) >= 11 is 0. The van der Waals surface area contributed by atoms with Crippen LogP contribution in [0.4, 0.5) is 5.69 Å². The maximum Gasteiger partial charge on any atom is 0.269 e. The number of anilines is 1. The number of pyridine rings is 1. The van der Waals surface area contributed by atoms with Gasteiger partial charge in [0.25, 0.3) is 5.56 Å². The fourth-order valence-corrected chi connectivity index (χ4v) is 1.87. The maximum atomic E-state index is 12.1. The lowest BCUT2D eigenvalue weighted by atomic mass is 10.2. The first-order chi connectivity index (χ1) is 10.2. The van der Waals surface area contributed by atoms with Crippen molar-refractivity contribution in [3.63, 3.8) is 0 Å². The largest absolute Gasteiger partial charge is 0.481 e. The lowest BCUT2D eigenvalue weighted by Crippen LogP contribution is -2.24. The minimum Gasteiger partial charge on any atom is -0.481 e. The SMILES string of the molecule is CNCCNc1cnn(Cc2cccnc2OC)c(=O)c1. The second-order valence-corrected chi connectivity index (χ2v) is 4.44. The highest BCUT2D eigenvalue weighted by Gasteiger charge is 2.06. The van der Waals surface area contributed by atoms with Gasteiger partial charge in [0.15, 0.2) is 0 Å². The first-order valence-corrected chi connectivity index (χ1v) is 6.68. The van der Waals surface area contributed by atoms with Gasteiger partial charge in [-0.05, 0) is 13.1 Å². The maximum absolute atomic E-state index is 12.1. The van der Waals surface area contributed by atoms with Crippen LogP contribution in [0.5, 0.6) is 5.88 Å². The van der Waals surface area contributed by atoms with E-state index in [1.54, 1.807) is 25.6 Å². The Balaban J connectivity index is 2.12. The molecule has 2 aromatic heterocycles. The minimum absolute atomic E-state index is 0.171. The highest BCUT2D eigenvalue weighted by molar-refractivity contribution is 5.38. The number of hydrogen-bond donors (Lipinski definition) is 2. The van der Waals surface area contributed by atoms with Crippen molar-refractivity contribution in [2.24, 2.45) is 0 Å². The van der Waals surface area contributed by atoms with Crippen molar-refractivity contribution in [2.75, 3.05) is 32.6 Å². The van der Waals surface area contributed by atoms with Crippen LogP contribution >= 0.6 is 0 Å². The topological polar surface area (TPSA) is 81.1 Å². The van der Waals surface area contributed by atoms with Gasteiger partial charge in [0.1, 0.15) is 0 Å². The zero-order chi connectivity index (χ0) is 15.1. The van der Waals surface area contributed by atoms with Crippen molar-refractivity contribution >= 4 is 5.69 Å². The van der Waals surface area contributed by atoms with E-state index in [0.717, 1.165) is 18.7 Å². The van der Waals surface area contributed by atoms with Gasteiger partial charge in [0.05, 0.1) is 25.5 Å². The Kier molecular flexibility index (Phi) is 5.28. The summed E-state index contributed by atoms with van der Waals surface area (Å²) in [6, 6.07) is 5.20. The third-order valence-electron chi connectivity index (χ3n) is 2.94. The summed E-state index contributed by atoms with van der Waals surface area (Å²) in [4.78, 5) is 16.2. The molecule has 0 aliphatic heterocycles. The second kappa shape index (κ2) is 7.39. The second-order valence-electron chi connectivity index (χ2n) is 4.44. The molecule has 21 heavy (non-hydrogen) atoms. The summed E-state index contributed by atoms with van der Waals surface area (Å²) in [6.45, 7) is 1.88. The minimum atomic E-state index is -0.171. The third kappa shape index (κ3) is 4.03. The highest BCUT2D eigenvalue weighted by Crippen LogP contribution is 2.14. The van der Waals surface area contributed by atoms with E-state index in [1.807, 2.05) is 13.1 Å². The Bertz CT molecular complexity index is 641. The van der Waals surface area contributed by atoms with Crippen molar-refractivity contribution in [3.8, 4) is 5.88 Å².